The molecule has 0 aliphatic heterocycles. The Labute approximate surface area is 312 Å². The summed E-state index contributed by atoms with van der Waals surface area (Å²) in [4.78, 5) is 4.71. The van der Waals surface area contributed by atoms with Gasteiger partial charge in [0.25, 0.3) is 0 Å². The van der Waals surface area contributed by atoms with E-state index in [1.54, 1.807) is 0 Å². The van der Waals surface area contributed by atoms with E-state index >= 15 is 0 Å². The number of rotatable bonds is 21. The molecule has 2 heterocycles. The van der Waals surface area contributed by atoms with Gasteiger partial charge in [-0.3, -0.25) is 0 Å². The highest BCUT2D eigenvalue weighted by Gasteiger charge is 2.08. The van der Waals surface area contributed by atoms with E-state index < -0.39 is 0 Å². The molecule has 0 bridgehead atoms. The Kier molecular flexibility index (Phi) is 16.9. The first-order valence-corrected chi connectivity index (χ1v) is 19.6. The van der Waals surface area contributed by atoms with Gasteiger partial charge in [0.2, 0.25) is 0 Å². The second-order valence-corrected chi connectivity index (χ2v) is 13.8. The predicted molar refractivity (Wildman–Crippen MR) is 218 cm³/mol. The second kappa shape index (κ2) is 21.6. The number of halogens is 2. The summed E-state index contributed by atoms with van der Waals surface area (Å²) in [6.45, 7) is 14.9. The summed E-state index contributed by atoms with van der Waals surface area (Å²) in [6, 6.07) is 21.7. The molecule has 0 aliphatic carbocycles. The van der Waals surface area contributed by atoms with E-state index in [2.05, 4.69) is 156 Å². The van der Waals surface area contributed by atoms with Crippen LogP contribution in [0.5, 0.6) is 0 Å². The third kappa shape index (κ3) is 12.6. The van der Waals surface area contributed by atoms with E-state index in [0.29, 0.717) is 0 Å². The molecule has 0 radical (unpaired) electrons. The lowest BCUT2D eigenvalue weighted by atomic mass is 10.1. The summed E-state index contributed by atoms with van der Waals surface area (Å²) in [7, 11) is 0. The van der Waals surface area contributed by atoms with Gasteiger partial charge in [-0.1, -0.05) is 97.5 Å². The van der Waals surface area contributed by atoms with Crippen molar-refractivity contribution in [3.63, 3.8) is 0 Å². The Morgan fingerprint density at radius 1 is 0.460 bits per heavy atom. The molecule has 0 fully saturated rings. The van der Waals surface area contributed by atoms with E-state index in [1.807, 2.05) is 0 Å². The maximum absolute atomic E-state index is 6.64. The molecule has 0 aliphatic rings. The van der Waals surface area contributed by atoms with Crippen molar-refractivity contribution >= 4 is 58.9 Å². The summed E-state index contributed by atoms with van der Waals surface area (Å²) in [6.07, 6.45) is 27.0. The molecule has 0 atom stereocenters. The molecule has 50 heavy (non-hydrogen) atoms. The van der Waals surface area contributed by atoms with Gasteiger partial charge < -0.3 is 9.80 Å². The van der Waals surface area contributed by atoms with Crippen molar-refractivity contribution in [3.8, 4) is 0 Å². The molecule has 266 valence electrons. The Hall–Kier alpha value is -3.60. The number of pyridine rings is 2. The minimum atomic E-state index is 0.796. The van der Waals surface area contributed by atoms with Crippen LogP contribution in [0.15, 0.2) is 85.5 Å². The van der Waals surface area contributed by atoms with Gasteiger partial charge in [0.1, 0.15) is 23.1 Å². The molecule has 0 unspecified atom stereocenters. The Bertz CT molecular complexity index is 1500. The number of hydrogen-bond acceptors (Lipinski definition) is 2. The SMILES string of the molecule is CCN(CC)c1ccc(/C=C/c2cc[n+](CCCCCCCCCC[n+]3ccc(/C=C/c4ccc(N(CC)CC)cc4)c(Cl)c3)cc2Cl)cc1. The van der Waals surface area contributed by atoms with Crippen LogP contribution in [0.1, 0.15) is 101 Å². The molecule has 0 N–H and O–H groups in total. The van der Waals surface area contributed by atoms with Gasteiger partial charge in [0.05, 0.1) is 0 Å². The Morgan fingerprint density at radius 3 is 1.12 bits per heavy atom. The maximum Gasteiger partial charge on any atom is 0.188 e. The standard InChI is InChI=1S/C44H58Cl2N4/c1-5-49(6-2)41-25-19-37(20-26-41)17-23-39-29-33-47(35-43(39)45)31-15-13-11-9-10-12-14-16-32-48-34-30-40(44(46)36-48)24-18-38-21-27-42(28-22-38)50(7-3)8-4/h17-30,33-36H,5-16,31-32H2,1-4H3/q+2. The molecule has 2 aromatic heterocycles. The molecule has 6 heteroatoms. The summed E-state index contributed by atoms with van der Waals surface area (Å²) in [5, 5.41) is 1.59. The third-order valence-electron chi connectivity index (χ3n) is 9.54. The summed E-state index contributed by atoms with van der Waals surface area (Å²) in [5.74, 6) is 0. The Morgan fingerprint density at radius 2 is 0.800 bits per heavy atom. The first kappa shape index (κ1) is 39.2. The first-order chi connectivity index (χ1) is 24.4. The minimum absolute atomic E-state index is 0.796. The van der Waals surface area contributed by atoms with Crippen LogP contribution >= 0.6 is 23.2 Å². The quantitative estimate of drug-likeness (QED) is 0.0630. The van der Waals surface area contributed by atoms with Gasteiger partial charge in [-0.05, 0) is 75.9 Å². The van der Waals surface area contributed by atoms with E-state index in [1.165, 1.54) is 73.9 Å². The lowest BCUT2D eigenvalue weighted by molar-refractivity contribution is -0.697. The molecule has 0 saturated heterocycles. The fraction of sp³-hybridized carbons (Fsp3) is 0.409. The number of aryl methyl sites for hydroxylation is 2. The van der Waals surface area contributed by atoms with Crippen molar-refractivity contribution in [3.05, 3.63) is 118 Å². The molecular formula is C44H58Cl2N4+2. The van der Waals surface area contributed by atoms with Crippen molar-refractivity contribution in [2.45, 2.75) is 92.2 Å². The van der Waals surface area contributed by atoms with Crippen LogP contribution in [0, 0.1) is 0 Å². The van der Waals surface area contributed by atoms with Crippen LogP contribution < -0.4 is 18.9 Å². The summed E-state index contributed by atoms with van der Waals surface area (Å²) in [5.41, 5.74) is 6.99. The van der Waals surface area contributed by atoms with Crippen LogP contribution in [-0.4, -0.2) is 26.2 Å². The van der Waals surface area contributed by atoms with Crippen molar-refractivity contribution in [2.24, 2.45) is 0 Å². The monoisotopic (exact) mass is 712 g/mol. The molecule has 0 spiro atoms. The van der Waals surface area contributed by atoms with Gasteiger partial charge in [0.15, 0.2) is 24.8 Å². The highest BCUT2D eigenvalue weighted by molar-refractivity contribution is 6.32. The van der Waals surface area contributed by atoms with Crippen LogP contribution in [0.4, 0.5) is 11.4 Å². The van der Waals surface area contributed by atoms with Crippen molar-refractivity contribution in [2.75, 3.05) is 36.0 Å². The molecule has 0 saturated carbocycles. The largest absolute Gasteiger partial charge is 0.372 e. The van der Waals surface area contributed by atoms with Crippen molar-refractivity contribution in [1.29, 1.82) is 0 Å². The number of nitrogens with zero attached hydrogens (tertiary/aromatic N) is 4. The van der Waals surface area contributed by atoms with Crippen molar-refractivity contribution < 1.29 is 9.13 Å². The minimum Gasteiger partial charge on any atom is -0.372 e. The van der Waals surface area contributed by atoms with E-state index in [9.17, 15) is 0 Å². The van der Waals surface area contributed by atoms with Gasteiger partial charge in [-0.25, -0.2) is 9.13 Å². The zero-order chi connectivity index (χ0) is 35.6. The van der Waals surface area contributed by atoms with Gasteiger partial charge in [-0.15, -0.1) is 0 Å². The lowest BCUT2D eigenvalue weighted by Crippen LogP contribution is -2.32. The third-order valence-corrected chi connectivity index (χ3v) is 10.2. The highest BCUT2D eigenvalue weighted by Crippen LogP contribution is 2.21. The molecule has 4 nitrogen and oxygen atoms in total. The highest BCUT2D eigenvalue weighted by atomic mass is 35.5. The fourth-order valence-electron chi connectivity index (χ4n) is 6.38. The average Bonchev–Trinajstić information content (AvgIpc) is 3.13. The number of benzene rings is 2. The van der Waals surface area contributed by atoms with Crippen LogP contribution in [-0.2, 0) is 13.1 Å². The topological polar surface area (TPSA) is 14.2 Å². The average molecular weight is 714 g/mol. The van der Waals surface area contributed by atoms with E-state index in [0.717, 1.165) is 60.4 Å². The number of aromatic nitrogens is 2. The number of anilines is 2. The van der Waals surface area contributed by atoms with Crippen LogP contribution in [0.25, 0.3) is 24.3 Å². The van der Waals surface area contributed by atoms with Crippen LogP contribution in [0.2, 0.25) is 10.0 Å². The molecule has 4 aromatic rings. The summed E-state index contributed by atoms with van der Waals surface area (Å²) >= 11 is 13.3. The predicted octanol–water partition coefficient (Wildman–Crippen LogP) is 11.4. The lowest BCUT2D eigenvalue weighted by Gasteiger charge is -2.20. The van der Waals surface area contributed by atoms with Crippen LogP contribution in [0.3, 0.4) is 0 Å². The molecule has 2 aromatic carbocycles. The fourth-order valence-corrected chi connectivity index (χ4v) is 6.88. The zero-order valence-corrected chi connectivity index (χ0v) is 32.3. The first-order valence-electron chi connectivity index (χ1n) is 18.9. The summed E-state index contributed by atoms with van der Waals surface area (Å²) < 4.78 is 4.44. The van der Waals surface area contributed by atoms with Crippen molar-refractivity contribution in [1.82, 2.24) is 0 Å². The second-order valence-electron chi connectivity index (χ2n) is 13.0. The van der Waals surface area contributed by atoms with E-state index in [-0.39, 0.29) is 0 Å². The molecule has 0 amide bonds. The smallest absolute Gasteiger partial charge is 0.188 e. The van der Waals surface area contributed by atoms with Gasteiger partial charge >= 0.3 is 0 Å². The molecule has 4 rings (SSSR count). The number of unbranched alkanes of at least 4 members (excludes halogenated alkanes) is 7. The van der Waals surface area contributed by atoms with Gasteiger partial charge in [0, 0.05) is 73.7 Å². The van der Waals surface area contributed by atoms with E-state index in [4.69, 9.17) is 23.2 Å². The molecular weight excluding hydrogens is 655 g/mol. The normalized spacial score (nSPS) is 11.6. The zero-order valence-electron chi connectivity index (χ0n) is 30.8. The Balaban J connectivity index is 1.07. The van der Waals surface area contributed by atoms with Gasteiger partial charge in [-0.2, -0.15) is 0 Å². The number of hydrogen-bond donors (Lipinski definition) is 0. The maximum atomic E-state index is 6.64.